The minimum absolute atomic E-state index is 0.00676. The van der Waals surface area contributed by atoms with Crippen molar-refractivity contribution >= 4 is 0 Å². The minimum Gasteiger partial charge on any atom is -0.496 e. The number of hydrogen-bond donors (Lipinski definition) is 1. The van der Waals surface area contributed by atoms with Gasteiger partial charge in [-0.15, -0.1) is 0 Å². The fourth-order valence-electron chi connectivity index (χ4n) is 1.42. The summed E-state index contributed by atoms with van der Waals surface area (Å²) < 4.78 is 10.8. The highest BCUT2D eigenvalue weighted by molar-refractivity contribution is 5.34. The maximum absolute atomic E-state index is 8.65. The second kappa shape index (κ2) is 6.43. The second-order valence-electron chi connectivity index (χ2n) is 3.33. The summed E-state index contributed by atoms with van der Waals surface area (Å²) in [4.78, 5) is 0. The summed E-state index contributed by atoms with van der Waals surface area (Å²) in [6.45, 7) is 2.71. The molecule has 0 spiro atoms. The van der Waals surface area contributed by atoms with Crippen LogP contribution in [0.5, 0.6) is 5.75 Å². The smallest absolute Gasteiger partial charge is 0.124 e. The van der Waals surface area contributed by atoms with Crippen molar-refractivity contribution in [1.82, 2.24) is 0 Å². The standard InChI is InChI=1S/C12H18O3/c1-10(15-9-5-8-13)11-6-3-4-7-12(11)14-2/h3-4,6-7,10,13H,5,8-9H2,1-2H3. The van der Waals surface area contributed by atoms with Gasteiger partial charge in [-0.1, -0.05) is 18.2 Å². The molecule has 0 aliphatic heterocycles. The third-order valence-corrected chi connectivity index (χ3v) is 2.25. The van der Waals surface area contributed by atoms with E-state index in [1.54, 1.807) is 7.11 Å². The van der Waals surface area contributed by atoms with Gasteiger partial charge in [0.05, 0.1) is 13.2 Å². The average Bonchev–Trinajstić information content (AvgIpc) is 2.29. The van der Waals surface area contributed by atoms with Crippen LogP contribution in [0.1, 0.15) is 25.0 Å². The van der Waals surface area contributed by atoms with Crippen LogP contribution >= 0.6 is 0 Å². The summed E-state index contributed by atoms with van der Waals surface area (Å²) in [6, 6.07) is 7.80. The van der Waals surface area contributed by atoms with E-state index in [9.17, 15) is 0 Å². The zero-order chi connectivity index (χ0) is 11.1. The molecule has 1 unspecified atom stereocenters. The van der Waals surface area contributed by atoms with Crippen molar-refractivity contribution < 1.29 is 14.6 Å². The molecule has 0 amide bonds. The predicted molar refractivity (Wildman–Crippen MR) is 59.1 cm³/mol. The predicted octanol–water partition coefficient (Wildman–Crippen LogP) is 2.16. The van der Waals surface area contributed by atoms with Crippen molar-refractivity contribution in [2.45, 2.75) is 19.4 Å². The maximum Gasteiger partial charge on any atom is 0.124 e. The zero-order valence-corrected chi connectivity index (χ0v) is 9.27. The first-order chi connectivity index (χ1) is 7.29. The summed E-state index contributed by atoms with van der Waals surface area (Å²) in [5, 5.41) is 8.65. The fraction of sp³-hybridized carbons (Fsp3) is 0.500. The maximum atomic E-state index is 8.65. The number of methoxy groups -OCH3 is 1. The first-order valence-corrected chi connectivity index (χ1v) is 5.15. The Labute approximate surface area is 90.6 Å². The van der Waals surface area contributed by atoms with Crippen LogP contribution < -0.4 is 4.74 Å². The zero-order valence-electron chi connectivity index (χ0n) is 9.27. The Morgan fingerprint density at radius 3 is 2.73 bits per heavy atom. The van der Waals surface area contributed by atoms with E-state index >= 15 is 0 Å². The SMILES string of the molecule is COc1ccccc1C(C)OCCCO. The van der Waals surface area contributed by atoms with Crippen molar-refractivity contribution in [2.24, 2.45) is 0 Å². The first-order valence-electron chi connectivity index (χ1n) is 5.15. The molecule has 0 saturated heterocycles. The Balaban J connectivity index is 2.59. The van der Waals surface area contributed by atoms with Crippen LogP contribution in [0.2, 0.25) is 0 Å². The van der Waals surface area contributed by atoms with Gasteiger partial charge in [0.2, 0.25) is 0 Å². The molecule has 1 aromatic carbocycles. The van der Waals surface area contributed by atoms with E-state index in [0.29, 0.717) is 13.0 Å². The molecule has 1 rings (SSSR count). The van der Waals surface area contributed by atoms with Gasteiger partial charge in [0, 0.05) is 18.8 Å². The molecule has 0 radical (unpaired) electrons. The monoisotopic (exact) mass is 210 g/mol. The lowest BCUT2D eigenvalue weighted by atomic mass is 10.1. The lowest BCUT2D eigenvalue weighted by Crippen LogP contribution is -2.04. The molecule has 1 atom stereocenters. The van der Waals surface area contributed by atoms with Crippen molar-refractivity contribution in [3.8, 4) is 5.75 Å². The average molecular weight is 210 g/mol. The van der Waals surface area contributed by atoms with Gasteiger partial charge >= 0.3 is 0 Å². The van der Waals surface area contributed by atoms with Crippen molar-refractivity contribution in [3.63, 3.8) is 0 Å². The van der Waals surface area contributed by atoms with Crippen molar-refractivity contribution in [3.05, 3.63) is 29.8 Å². The van der Waals surface area contributed by atoms with E-state index in [1.165, 1.54) is 0 Å². The highest BCUT2D eigenvalue weighted by atomic mass is 16.5. The van der Waals surface area contributed by atoms with Crippen molar-refractivity contribution in [2.75, 3.05) is 20.3 Å². The third kappa shape index (κ3) is 3.53. The summed E-state index contributed by atoms with van der Waals surface area (Å²) >= 11 is 0. The molecule has 0 aliphatic rings. The third-order valence-electron chi connectivity index (χ3n) is 2.25. The molecule has 0 fully saturated rings. The molecule has 1 aromatic rings. The number of rotatable bonds is 6. The van der Waals surface area contributed by atoms with E-state index in [0.717, 1.165) is 11.3 Å². The van der Waals surface area contributed by atoms with Gasteiger partial charge in [0.15, 0.2) is 0 Å². The molecule has 3 nitrogen and oxygen atoms in total. The number of aliphatic hydroxyl groups excluding tert-OH is 1. The fourth-order valence-corrected chi connectivity index (χ4v) is 1.42. The number of ether oxygens (including phenoxy) is 2. The van der Waals surface area contributed by atoms with Gasteiger partial charge < -0.3 is 14.6 Å². The molecule has 0 saturated carbocycles. The molecule has 0 heterocycles. The number of hydrogen-bond acceptors (Lipinski definition) is 3. The molecular formula is C12H18O3. The van der Waals surface area contributed by atoms with Gasteiger partial charge in [-0.3, -0.25) is 0 Å². The molecule has 1 N–H and O–H groups in total. The number of para-hydroxylation sites is 1. The molecule has 0 aromatic heterocycles. The summed E-state index contributed by atoms with van der Waals surface area (Å²) in [5.41, 5.74) is 1.04. The highest BCUT2D eigenvalue weighted by Gasteiger charge is 2.10. The number of aliphatic hydroxyl groups is 1. The van der Waals surface area contributed by atoms with E-state index in [2.05, 4.69) is 0 Å². The van der Waals surface area contributed by atoms with Gasteiger partial charge in [-0.2, -0.15) is 0 Å². The van der Waals surface area contributed by atoms with Gasteiger partial charge in [0.1, 0.15) is 5.75 Å². The Morgan fingerprint density at radius 2 is 2.07 bits per heavy atom. The quantitative estimate of drug-likeness (QED) is 0.731. The Kier molecular flexibility index (Phi) is 5.15. The van der Waals surface area contributed by atoms with E-state index < -0.39 is 0 Å². The summed E-state index contributed by atoms with van der Waals surface area (Å²) in [5.74, 6) is 0.842. The Hall–Kier alpha value is -1.06. The molecular weight excluding hydrogens is 192 g/mol. The van der Waals surface area contributed by atoms with E-state index in [-0.39, 0.29) is 12.7 Å². The van der Waals surface area contributed by atoms with Crippen LogP contribution in [0, 0.1) is 0 Å². The molecule has 0 bridgehead atoms. The van der Waals surface area contributed by atoms with Crippen LogP contribution in [0.15, 0.2) is 24.3 Å². The van der Waals surface area contributed by atoms with Crippen LogP contribution in [-0.4, -0.2) is 25.4 Å². The Morgan fingerprint density at radius 1 is 1.33 bits per heavy atom. The summed E-state index contributed by atoms with van der Waals surface area (Å²) in [6.07, 6.45) is 0.659. The molecule has 84 valence electrons. The molecule has 15 heavy (non-hydrogen) atoms. The van der Waals surface area contributed by atoms with Gasteiger partial charge in [0.25, 0.3) is 0 Å². The number of benzene rings is 1. The van der Waals surface area contributed by atoms with Gasteiger partial charge in [-0.05, 0) is 19.4 Å². The summed E-state index contributed by atoms with van der Waals surface area (Å²) in [7, 11) is 1.65. The largest absolute Gasteiger partial charge is 0.496 e. The second-order valence-corrected chi connectivity index (χ2v) is 3.33. The van der Waals surface area contributed by atoms with Crippen LogP contribution in [0.4, 0.5) is 0 Å². The first kappa shape index (κ1) is 12.0. The van der Waals surface area contributed by atoms with Crippen LogP contribution in [0.25, 0.3) is 0 Å². The van der Waals surface area contributed by atoms with E-state index in [1.807, 2.05) is 31.2 Å². The topological polar surface area (TPSA) is 38.7 Å². The van der Waals surface area contributed by atoms with Crippen LogP contribution in [0.3, 0.4) is 0 Å². The molecule has 0 aliphatic carbocycles. The van der Waals surface area contributed by atoms with E-state index in [4.69, 9.17) is 14.6 Å². The molecule has 3 heteroatoms. The lowest BCUT2D eigenvalue weighted by Gasteiger charge is -2.16. The highest BCUT2D eigenvalue weighted by Crippen LogP contribution is 2.26. The minimum atomic E-state index is -0.00676. The lowest BCUT2D eigenvalue weighted by molar-refractivity contribution is 0.0538. The van der Waals surface area contributed by atoms with Crippen LogP contribution in [-0.2, 0) is 4.74 Å². The Bertz CT molecular complexity index is 286. The van der Waals surface area contributed by atoms with Crippen molar-refractivity contribution in [1.29, 1.82) is 0 Å². The van der Waals surface area contributed by atoms with Gasteiger partial charge in [-0.25, -0.2) is 0 Å². The normalized spacial score (nSPS) is 12.5.